The molecule has 0 unspecified atom stereocenters. The smallest absolute Gasteiger partial charge is 0.125 e. The van der Waals surface area contributed by atoms with E-state index in [1.165, 1.54) is 11.5 Å². The maximum absolute atomic E-state index is 8.92. The first-order valence-corrected chi connectivity index (χ1v) is 5.33. The third-order valence-electron chi connectivity index (χ3n) is 2.46. The van der Waals surface area contributed by atoms with E-state index in [4.69, 9.17) is 15.7 Å². The standard InChI is InChI=1S/C9H11N3OS/c10-5-7-8(12-14-9(7)11)6-1-3-13-4-2-6/h6H,1-4,11H2. The lowest BCUT2D eigenvalue weighted by atomic mass is 9.94. The van der Waals surface area contributed by atoms with Crippen molar-refractivity contribution in [3.8, 4) is 6.07 Å². The summed E-state index contributed by atoms with van der Waals surface area (Å²) in [6.07, 6.45) is 1.88. The topological polar surface area (TPSA) is 71.9 Å². The minimum Gasteiger partial charge on any atom is -0.388 e. The Morgan fingerprint density at radius 1 is 1.50 bits per heavy atom. The van der Waals surface area contributed by atoms with E-state index in [1.54, 1.807) is 0 Å². The highest BCUT2D eigenvalue weighted by molar-refractivity contribution is 7.10. The first-order valence-electron chi connectivity index (χ1n) is 4.56. The summed E-state index contributed by atoms with van der Waals surface area (Å²) in [6.45, 7) is 1.51. The van der Waals surface area contributed by atoms with Crippen LogP contribution in [0.15, 0.2) is 0 Å². The normalized spacial score (nSPS) is 17.9. The van der Waals surface area contributed by atoms with Gasteiger partial charge in [0.2, 0.25) is 0 Å². The lowest BCUT2D eigenvalue weighted by molar-refractivity contribution is 0.0846. The summed E-state index contributed by atoms with van der Waals surface area (Å²) in [5.41, 5.74) is 7.11. The zero-order chi connectivity index (χ0) is 9.97. The van der Waals surface area contributed by atoms with E-state index in [0.717, 1.165) is 31.7 Å². The summed E-state index contributed by atoms with van der Waals surface area (Å²) in [5, 5.41) is 9.46. The van der Waals surface area contributed by atoms with Gasteiger partial charge in [-0.25, -0.2) is 0 Å². The van der Waals surface area contributed by atoms with Crippen molar-refractivity contribution in [2.45, 2.75) is 18.8 Å². The van der Waals surface area contributed by atoms with Gasteiger partial charge in [0.25, 0.3) is 0 Å². The van der Waals surface area contributed by atoms with Crippen LogP contribution in [0.4, 0.5) is 5.00 Å². The summed E-state index contributed by atoms with van der Waals surface area (Å²) in [7, 11) is 0. The Morgan fingerprint density at radius 2 is 2.21 bits per heavy atom. The fourth-order valence-corrected chi connectivity index (χ4v) is 2.36. The zero-order valence-corrected chi connectivity index (χ0v) is 8.51. The van der Waals surface area contributed by atoms with E-state index >= 15 is 0 Å². The quantitative estimate of drug-likeness (QED) is 0.760. The van der Waals surface area contributed by atoms with Gasteiger partial charge in [0.05, 0.1) is 5.69 Å². The molecule has 0 aromatic carbocycles. The molecule has 0 radical (unpaired) electrons. The van der Waals surface area contributed by atoms with E-state index in [1.807, 2.05) is 0 Å². The summed E-state index contributed by atoms with van der Waals surface area (Å²) in [4.78, 5) is 0. The molecular formula is C9H11N3OS. The zero-order valence-electron chi connectivity index (χ0n) is 7.69. The lowest BCUT2D eigenvalue weighted by Gasteiger charge is -2.20. The van der Waals surface area contributed by atoms with E-state index in [-0.39, 0.29) is 0 Å². The van der Waals surface area contributed by atoms with Crippen molar-refractivity contribution in [1.82, 2.24) is 4.37 Å². The first kappa shape index (κ1) is 9.44. The largest absolute Gasteiger partial charge is 0.388 e. The Labute approximate surface area is 86.5 Å². The lowest BCUT2D eigenvalue weighted by Crippen LogP contribution is -2.15. The molecule has 0 spiro atoms. The van der Waals surface area contributed by atoms with Gasteiger partial charge in [0, 0.05) is 19.1 Å². The number of nitrogen functional groups attached to an aromatic ring is 1. The molecule has 0 bridgehead atoms. The molecule has 4 nitrogen and oxygen atoms in total. The molecule has 1 fully saturated rings. The number of nitrogens with two attached hydrogens (primary N) is 1. The van der Waals surface area contributed by atoms with E-state index < -0.39 is 0 Å². The SMILES string of the molecule is N#Cc1c(C2CCOCC2)nsc1N. The van der Waals surface area contributed by atoms with Crippen LogP contribution in [0.1, 0.15) is 30.0 Å². The van der Waals surface area contributed by atoms with Gasteiger partial charge in [-0.2, -0.15) is 9.64 Å². The molecule has 1 aromatic rings. The number of hydrogen-bond donors (Lipinski definition) is 1. The Balaban J connectivity index is 2.26. The predicted octanol–water partition coefficient (Wildman–Crippen LogP) is 1.49. The highest BCUT2D eigenvalue weighted by Gasteiger charge is 2.23. The van der Waals surface area contributed by atoms with Crippen LogP contribution in [0.5, 0.6) is 0 Å². The monoisotopic (exact) mass is 209 g/mol. The molecule has 1 aromatic heterocycles. The molecule has 2 heterocycles. The van der Waals surface area contributed by atoms with E-state index in [2.05, 4.69) is 10.4 Å². The minimum absolute atomic E-state index is 0.354. The van der Waals surface area contributed by atoms with E-state index in [9.17, 15) is 0 Å². The second-order valence-electron chi connectivity index (χ2n) is 3.31. The average molecular weight is 209 g/mol. The number of nitriles is 1. The number of nitrogens with zero attached hydrogens (tertiary/aromatic N) is 2. The van der Waals surface area contributed by atoms with Crippen LogP contribution >= 0.6 is 11.5 Å². The Morgan fingerprint density at radius 3 is 2.86 bits per heavy atom. The molecule has 0 aliphatic carbocycles. The highest BCUT2D eigenvalue weighted by atomic mass is 32.1. The average Bonchev–Trinajstić information content (AvgIpc) is 2.61. The minimum atomic E-state index is 0.354. The maximum atomic E-state index is 8.92. The molecule has 74 valence electrons. The van der Waals surface area contributed by atoms with Crippen LogP contribution in [-0.4, -0.2) is 17.6 Å². The summed E-state index contributed by atoms with van der Waals surface area (Å²) in [5.74, 6) is 0.354. The van der Waals surface area contributed by atoms with Crippen molar-refractivity contribution in [2.75, 3.05) is 18.9 Å². The van der Waals surface area contributed by atoms with Crippen molar-refractivity contribution in [3.05, 3.63) is 11.3 Å². The molecule has 0 saturated carbocycles. The molecule has 14 heavy (non-hydrogen) atoms. The van der Waals surface area contributed by atoms with Gasteiger partial charge in [-0.05, 0) is 24.4 Å². The molecule has 2 N–H and O–H groups in total. The van der Waals surface area contributed by atoms with Crippen LogP contribution in [0.2, 0.25) is 0 Å². The summed E-state index contributed by atoms with van der Waals surface area (Å²) < 4.78 is 9.51. The van der Waals surface area contributed by atoms with Crippen LogP contribution in [-0.2, 0) is 4.74 Å². The van der Waals surface area contributed by atoms with Gasteiger partial charge in [0.1, 0.15) is 16.6 Å². The maximum Gasteiger partial charge on any atom is 0.125 e. The van der Waals surface area contributed by atoms with Gasteiger partial charge in [-0.1, -0.05) is 0 Å². The van der Waals surface area contributed by atoms with Gasteiger partial charge in [-0.3, -0.25) is 0 Å². The molecule has 1 aliphatic rings. The number of anilines is 1. The Hall–Kier alpha value is -1.12. The second kappa shape index (κ2) is 3.95. The molecule has 1 saturated heterocycles. The van der Waals surface area contributed by atoms with Crippen molar-refractivity contribution < 1.29 is 4.74 Å². The highest BCUT2D eigenvalue weighted by Crippen LogP contribution is 2.32. The first-order chi connectivity index (χ1) is 6.83. The fraction of sp³-hybridized carbons (Fsp3) is 0.556. The van der Waals surface area contributed by atoms with Gasteiger partial charge in [0.15, 0.2) is 0 Å². The molecule has 5 heteroatoms. The van der Waals surface area contributed by atoms with Crippen LogP contribution in [0.3, 0.4) is 0 Å². The third kappa shape index (κ3) is 1.59. The molecule has 2 rings (SSSR count). The number of hydrogen-bond acceptors (Lipinski definition) is 5. The Kier molecular flexibility index (Phi) is 2.66. The van der Waals surface area contributed by atoms with Crippen molar-refractivity contribution in [2.24, 2.45) is 0 Å². The van der Waals surface area contributed by atoms with Crippen molar-refractivity contribution in [3.63, 3.8) is 0 Å². The van der Waals surface area contributed by atoms with Crippen LogP contribution in [0.25, 0.3) is 0 Å². The van der Waals surface area contributed by atoms with Crippen molar-refractivity contribution >= 4 is 16.5 Å². The van der Waals surface area contributed by atoms with E-state index in [0.29, 0.717) is 16.5 Å². The van der Waals surface area contributed by atoms with Gasteiger partial charge >= 0.3 is 0 Å². The number of aromatic nitrogens is 1. The van der Waals surface area contributed by atoms with Gasteiger partial charge < -0.3 is 10.5 Å². The van der Waals surface area contributed by atoms with Crippen molar-refractivity contribution in [1.29, 1.82) is 5.26 Å². The molecule has 0 atom stereocenters. The van der Waals surface area contributed by atoms with Crippen LogP contribution in [0, 0.1) is 11.3 Å². The molecule has 1 aliphatic heterocycles. The summed E-state index contributed by atoms with van der Waals surface area (Å²) >= 11 is 1.21. The summed E-state index contributed by atoms with van der Waals surface area (Å²) in [6, 6.07) is 2.12. The second-order valence-corrected chi connectivity index (χ2v) is 4.11. The third-order valence-corrected chi connectivity index (χ3v) is 3.15. The van der Waals surface area contributed by atoms with Crippen LogP contribution < -0.4 is 5.73 Å². The fourth-order valence-electron chi connectivity index (χ4n) is 1.68. The predicted molar refractivity (Wildman–Crippen MR) is 54.0 cm³/mol. The number of rotatable bonds is 1. The molecular weight excluding hydrogens is 198 g/mol. The molecule has 0 amide bonds. The van der Waals surface area contributed by atoms with Gasteiger partial charge in [-0.15, -0.1) is 0 Å². The number of ether oxygens (including phenoxy) is 1. The Bertz CT molecular complexity index is 363.